The number of rotatable bonds is 5. The number of unbranched alkanes of at least 4 members (excludes halogenated alkanes) is 1. The minimum atomic E-state index is -0.288. The van der Waals surface area contributed by atoms with E-state index >= 15 is 0 Å². The Balaban J connectivity index is 1.60. The molecule has 0 radical (unpaired) electrons. The van der Waals surface area contributed by atoms with Crippen molar-refractivity contribution in [3.05, 3.63) is 70.8 Å². The van der Waals surface area contributed by atoms with Gasteiger partial charge in [0.15, 0.2) is 0 Å². The van der Waals surface area contributed by atoms with Crippen LogP contribution in [0.1, 0.15) is 75.3 Å². The maximum absolute atomic E-state index is 13.2. The minimum absolute atomic E-state index is 0.0559. The summed E-state index contributed by atoms with van der Waals surface area (Å²) in [4.78, 5) is 41.5. The van der Waals surface area contributed by atoms with Gasteiger partial charge in [-0.25, -0.2) is 0 Å². The second kappa shape index (κ2) is 7.58. The van der Waals surface area contributed by atoms with Crippen LogP contribution >= 0.6 is 0 Å². The van der Waals surface area contributed by atoms with Crippen molar-refractivity contribution in [2.45, 2.75) is 38.6 Å². The first kappa shape index (κ1) is 18.4. The number of benzene rings is 2. The Bertz CT molecular complexity index is 923. The molecule has 0 bridgehead atoms. The van der Waals surface area contributed by atoms with E-state index in [0.29, 0.717) is 29.8 Å². The minimum Gasteiger partial charge on any atom is -0.332 e. The van der Waals surface area contributed by atoms with Crippen molar-refractivity contribution in [1.29, 1.82) is 0 Å². The van der Waals surface area contributed by atoms with Crippen molar-refractivity contribution in [1.82, 2.24) is 9.80 Å². The fourth-order valence-corrected chi connectivity index (χ4v) is 4.14. The van der Waals surface area contributed by atoms with Crippen molar-refractivity contribution >= 4 is 17.7 Å². The van der Waals surface area contributed by atoms with Crippen LogP contribution in [0.25, 0.3) is 0 Å². The van der Waals surface area contributed by atoms with Gasteiger partial charge >= 0.3 is 0 Å². The number of carbonyl (C=O) groups excluding carboxylic acids is 3. The second-order valence-corrected chi connectivity index (χ2v) is 7.44. The molecule has 2 aromatic carbocycles. The summed E-state index contributed by atoms with van der Waals surface area (Å²) in [5.74, 6) is -0.624. The lowest BCUT2D eigenvalue weighted by Crippen LogP contribution is -2.31. The SMILES string of the molecule is CCCCN1C(=O)c2ccc(C(=O)N3CCCC3c3ccccc3)cc2C1=O. The van der Waals surface area contributed by atoms with Gasteiger partial charge in [0.2, 0.25) is 0 Å². The Morgan fingerprint density at radius 3 is 2.54 bits per heavy atom. The van der Waals surface area contributed by atoms with Crippen molar-refractivity contribution < 1.29 is 14.4 Å². The summed E-state index contributed by atoms with van der Waals surface area (Å²) in [6.45, 7) is 3.15. The third kappa shape index (κ3) is 3.11. The summed E-state index contributed by atoms with van der Waals surface area (Å²) in [6, 6.07) is 15.0. The summed E-state index contributed by atoms with van der Waals surface area (Å²) >= 11 is 0. The zero-order chi connectivity index (χ0) is 19.7. The summed E-state index contributed by atoms with van der Waals surface area (Å²) in [6.07, 6.45) is 3.58. The standard InChI is InChI=1S/C23H24N2O3/c1-2-3-13-25-22(27)18-12-11-17(15-19(18)23(25)28)21(26)24-14-7-10-20(24)16-8-5-4-6-9-16/h4-6,8-9,11-12,15,20H,2-3,7,10,13-14H2,1H3. The molecule has 1 fully saturated rings. The van der Waals surface area contributed by atoms with Gasteiger partial charge in [0, 0.05) is 18.7 Å². The van der Waals surface area contributed by atoms with Crippen LogP contribution in [0.3, 0.4) is 0 Å². The van der Waals surface area contributed by atoms with Gasteiger partial charge < -0.3 is 4.90 Å². The maximum atomic E-state index is 13.2. The first-order valence-corrected chi connectivity index (χ1v) is 9.98. The van der Waals surface area contributed by atoms with E-state index in [-0.39, 0.29) is 23.8 Å². The highest BCUT2D eigenvalue weighted by atomic mass is 16.2. The Hall–Kier alpha value is -2.95. The number of imide groups is 1. The van der Waals surface area contributed by atoms with Crippen molar-refractivity contribution in [3.63, 3.8) is 0 Å². The molecule has 2 heterocycles. The van der Waals surface area contributed by atoms with Gasteiger partial charge in [0.25, 0.3) is 17.7 Å². The van der Waals surface area contributed by atoms with E-state index in [9.17, 15) is 14.4 Å². The van der Waals surface area contributed by atoms with E-state index in [4.69, 9.17) is 0 Å². The highest BCUT2D eigenvalue weighted by molar-refractivity contribution is 6.22. The molecule has 0 aromatic heterocycles. The number of nitrogens with zero attached hydrogens (tertiary/aromatic N) is 2. The molecule has 4 rings (SSSR count). The van der Waals surface area contributed by atoms with Gasteiger partial charge in [0.1, 0.15) is 0 Å². The van der Waals surface area contributed by atoms with E-state index < -0.39 is 0 Å². The molecule has 2 aromatic rings. The number of hydrogen-bond donors (Lipinski definition) is 0. The molecule has 5 nitrogen and oxygen atoms in total. The Kier molecular flexibility index (Phi) is 4.99. The average Bonchev–Trinajstić information content (AvgIpc) is 3.31. The monoisotopic (exact) mass is 376 g/mol. The molecule has 0 aliphatic carbocycles. The summed E-state index contributed by atoms with van der Waals surface area (Å²) in [7, 11) is 0. The zero-order valence-electron chi connectivity index (χ0n) is 16.1. The number of hydrogen-bond acceptors (Lipinski definition) is 3. The number of carbonyl (C=O) groups is 3. The fraction of sp³-hybridized carbons (Fsp3) is 0.348. The van der Waals surface area contributed by atoms with E-state index in [1.807, 2.05) is 42.2 Å². The van der Waals surface area contributed by atoms with Crippen molar-refractivity contribution in [3.8, 4) is 0 Å². The third-order valence-electron chi connectivity index (χ3n) is 5.65. The topological polar surface area (TPSA) is 57.7 Å². The van der Waals surface area contributed by atoms with Crippen LogP contribution < -0.4 is 0 Å². The predicted octanol–water partition coefficient (Wildman–Crippen LogP) is 4.06. The fourth-order valence-electron chi connectivity index (χ4n) is 4.14. The molecule has 5 heteroatoms. The third-order valence-corrected chi connectivity index (χ3v) is 5.65. The van der Waals surface area contributed by atoms with Crippen LogP contribution in [0, 0.1) is 0 Å². The van der Waals surface area contributed by atoms with Crippen LogP contribution in [0.4, 0.5) is 0 Å². The number of likely N-dealkylation sites (tertiary alicyclic amines) is 1. The molecule has 144 valence electrons. The molecule has 28 heavy (non-hydrogen) atoms. The molecule has 0 N–H and O–H groups in total. The molecule has 0 saturated carbocycles. The van der Waals surface area contributed by atoms with Gasteiger partial charge in [0.05, 0.1) is 17.2 Å². The Labute approximate surface area is 164 Å². The van der Waals surface area contributed by atoms with Gasteiger partial charge in [-0.1, -0.05) is 43.7 Å². The molecule has 0 spiro atoms. The quantitative estimate of drug-likeness (QED) is 0.740. The smallest absolute Gasteiger partial charge is 0.261 e. The highest BCUT2D eigenvalue weighted by Crippen LogP contribution is 2.33. The molecular formula is C23H24N2O3. The lowest BCUT2D eigenvalue weighted by Gasteiger charge is -2.25. The normalized spacial score (nSPS) is 18.7. The lowest BCUT2D eigenvalue weighted by atomic mass is 10.0. The van der Waals surface area contributed by atoms with Gasteiger partial charge in [-0.15, -0.1) is 0 Å². The molecule has 1 atom stereocenters. The Morgan fingerprint density at radius 1 is 1.04 bits per heavy atom. The van der Waals surface area contributed by atoms with Crippen LogP contribution in [0.5, 0.6) is 0 Å². The van der Waals surface area contributed by atoms with Gasteiger partial charge in [-0.2, -0.15) is 0 Å². The van der Waals surface area contributed by atoms with Crippen LogP contribution in [0.2, 0.25) is 0 Å². The van der Waals surface area contributed by atoms with Crippen molar-refractivity contribution in [2.75, 3.05) is 13.1 Å². The predicted molar refractivity (Wildman–Crippen MR) is 106 cm³/mol. The largest absolute Gasteiger partial charge is 0.332 e. The number of amides is 3. The second-order valence-electron chi connectivity index (χ2n) is 7.44. The van der Waals surface area contributed by atoms with Crippen molar-refractivity contribution in [2.24, 2.45) is 0 Å². The molecule has 1 unspecified atom stereocenters. The molecule has 2 aliphatic heterocycles. The highest BCUT2D eigenvalue weighted by Gasteiger charge is 2.37. The van der Waals surface area contributed by atoms with Gasteiger partial charge in [-0.3, -0.25) is 19.3 Å². The first-order chi connectivity index (χ1) is 13.6. The lowest BCUT2D eigenvalue weighted by molar-refractivity contribution is 0.0651. The van der Waals surface area contributed by atoms with E-state index in [1.165, 1.54) is 4.90 Å². The van der Waals surface area contributed by atoms with E-state index in [0.717, 1.165) is 31.2 Å². The van der Waals surface area contributed by atoms with Crippen LogP contribution in [-0.2, 0) is 0 Å². The summed E-state index contributed by atoms with van der Waals surface area (Å²) < 4.78 is 0. The molecule has 2 aliphatic rings. The molecule has 1 saturated heterocycles. The van der Waals surface area contributed by atoms with Crippen LogP contribution in [0.15, 0.2) is 48.5 Å². The zero-order valence-corrected chi connectivity index (χ0v) is 16.1. The van der Waals surface area contributed by atoms with Gasteiger partial charge in [-0.05, 0) is 43.0 Å². The summed E-state index contributed by atoms with van der Waals surface area (Å²) in [5, 5.41) is 0. The summed E-state index contributed by atoms with van der Waals surface area (Å²) in [5.41, 5.74) is 2.35. The first-order valence-electron chi connectivity index (χ1n) is 9.98. The maximum Gasteiger partial charge on any atom is 0.261 e. The Morgan fingerprint density at radius 2 is 1.79 bits per heavy atom. The molecular weight excluding hydrogens is 352 g/mol. The number of fused-ring (bicyclic) bond motifs is 1. The van der Waals surface area contributed by atoms with Crippen LogP contribution in [-0.4, -0.2) is 40.6 Å². The van der Waals surface area contributed by atoms with E-state index in [2.05, 4.69) is 0 Å². The average molecular weight is 376 g/mol. The van der Waals surface area contributed by atoms with E-state index in [1.54, 1.807) is 18.2 Å². The molecule has 3 amide bonds.